The van der Waals surface area contributed by atoms with Crippen molar-refractivity contribution in [2.75, 3.05) is 13.7 Å². The first kappa shape index (κ1) is 14.5. The monoisotopic (exact) mass is 287 g/mol. The Morgan fingerprint density at radius 3 is 2.52 bits per heavy atom. The number of hydrogen-bond acceptors (Lipinski definition) is 5. The Kier molecular flexibility index (Phi) is 3.63. The van der Waals surface area contributed by atoms with Crippen LogP contribution in [0, 0.1) is 11.3 Å². The predicted molar refractivity (Wildman–Crippen MR) is 70.8 cm³/mol. The van der Waals surface area contributed by atoms with E-state index in [-0.39, 0.29) is 0 Å². The average Bonchev–Trinajstić information content (AvgIpc) is 2.71. The van der Waals surface area contributed by atoms with Gasteiger partial charge in [0.1, 0.15) is 12.1 Å². The summed E-state index contributed by atoms with van der Waals surface area (Å²) >= 11 is 0. The number of esters is 1. The molecule has 0 bridgehead atoms. The highest BCUT2D eigenvalue weighted by molar-refractivity contribution is 6.08. The number of nitrogens with zero attached hydrogens (tertiary/aromatic N) is 2. The summed E-state index contributed by atoms with van der Waals surface area (Å²) in [4.78, 5) is 36.4. The van der Waals surface area contributed by atoms with Crippen molar-refractivity contribution in [3.8, 4) is 6.07 Å². The number of amides is 3. The van der Waals surface area contributed by atoms with E-state index in [0.29, 0.717) is 11.1 Å². The van der Waals surface area contributed by atoms with E-state index in [1.807, 2.05) is 6.07 Å². The highest BCUT2D eigenvalue weighted by Gasteiger charge is 2.49. The van der Waals surface area contributed by atoms with Crippen LogP contribution in [0.15, 0.2) is 24.3 Å². The molecule has 1 aromatic carbocycles. The second-order valence-corrected chi connectivity index (χ2v) is 4.71. The second-order valence-electron chi connectivity index (χ2n) is 4.71. The van der Waals surface area contributed by atoms with Crippen LogP contribution in [0.3, 0.4) is 0 Å². The molecule has 7 nitrogen and oxygen atoms in total. The minimum absolute atomic E-state index is 0.437. The molecule has 2 rings (SSSR count). The number of benzene rings is 1. The maximum absolute atomic E-state index is 12.4. The number of methoxy groups -OCH3 is 1. The number of hydrogen-bond donors (Lipinski definition) is 1. The van der Waals surface area contributed by atoms with Gasteiger partial charge in [0, 0.05) is 0 Å². The van der Waals surface area contributed by atoms with Gasteiger partial charge in [0.15, 0.2) is 0 Å². The van der Waals surface area contributed by atoms with Crippen molar-refractivity contribution in [2.24, 2.45) is 0 Å². The molecule has 1 atom stereocenters. The van der Waals surface area contributed by atoms with Crippen LogP contribution in [0.5, 0.6) is 0 Å². The molecule has 0 aliphatic carbocycles. The van der Waals surface area contributed by atoms with Gasteiger partial charge >= 0.3 is 12.0 Å². The van der Waals surface area contributed by atoms with E-state index in [4.69, 9.17) is 5.26 Å². The van der Waals surface area contributed by atoms with Gasteiger partial charge in [0.05, 0.1) is 18.7 Å². The van der Waals surface area contributed by atoms with E-state index < -0.39 is 30.0 Å². The third-order valence-corrected chi connectivity index (χ3v) is 3.38. The van der Waals surface area contributed by atoms with Gasteiger partial charge in [-0.3, -0.25) is 14.5 Å². The van der Waals surface area contributed by atoms with Crippen LogP contribution in [-0.2, 0) is 19.9 Å². The van der Waals surface area contributed by atoms with E-state index in [9.17, 15) is 14.4 Å². The van der Waals surface area contributed by atoms with E-state index >= 15 is 0 Å². The first-order valence-corrected chi connectivity index (χ1v) is 6.14. The van der Waals surface area contributed by atoms with Crippen LogP contribution >= 0.6 is 0 Å². The topological polar surface area (TPSA) is 99.5 Å². The van der Waals surface area contributed by atoms with Crippen LogP contribution < -0.4 is 5.32 Å². The lowest BCUT2D eigenvalue weighted by Gasteiger charge is -2.22. The van der Waals surface area contributed by atoms with Crippen LogP contribution in [0.4, 0.5) is 4.79 Å². The van der Waals surface area contributed by atoms with Crippen molar-refractivity contribution in [1.29, 1.82) is 5.26 Å². The minimum Gasteiger partial charge on any atom is -0.468 e. The normalized spacial score (nSPS) is 20.9. The quantitative estimate of drug-likeness (QED) is 0.644. The second kappa shape index (κ2) is 5.25. The van der Waals surface area contributed by atoms with Crippen molar-refractivity contribution in [3.05, 3.63) is 35.4 Å². The van der Waals surface area contributed by atoms with E-state index in [1.54, 1.807) is 31.2 Å². The number of urea groups is 1. The molecule has 0 spiro atoms. The Balaban J connectivity index is 2.31. The van der Waals surface area contributed by atoms with E-state index in [2.05, 4.69) is 10.1 Å². The zero-order valence-corrected chi connectivity index (χ0v) is 11.5. The molecule has 1 N–H and O–H groups in total. The molecule has 3 amide bonds. The number of imide groups is 1. The molecule has 1 aliphatic rings. The largest absolute Gasteiger partial charge is 0.468 e. The highest BCUT2D eigenvalue weighted by Crippen LogP contribution is 2.28. The molecular weight excluding hydrogens is 274 g/mol. The summed E-state index contributed by atoms with van der Waals surface area (Å²) in [6, 6.07) is 7.63. The summed E-state index contributed by atoms with van der Waals surface area (Å²) in [6.07, 6.45) is 0. The standard InChI is InChI=1S/C14H13N3O4/c1-14(10-5-3-9(7-15)4-6-10)12(19)17(13(20)16-14)8-11(18)21-2/h3-6H,8H2,1-2H3,(H,16,20). The van der Waals surface area contributed by atoms with Gasteiger partial charge in [0.25, 0.3) is 5.91 Å². The van der Waals surface area contributed by atoms with Crippen molar-refractivity contribution >= 4 is 17.9 Å². The Morgan fingerprint density at radius 1 is 1.38 bits per heavy atom. The Morgan fingerprint density at radius 2 is 2.00 bits per heavy atom. The van der Waals surface area contributed by atoms with Crippen LogP contribution in [-0.4, -0.2) is 36.5 Å². The van der Waals surface area contributed by atoms with Crippen molar-refractivity contribution in [1.82, 2.24) is 10.2 Å². The molecule has 0 radical (unpaired) electrons. The third-order valence-electron chi connectivity index (χ3n) is 3.38. The highest BCUT2D eigenvalue weighted by atomic mass is 16.5. The summed E-state index contributed by atoms with van der Waals surface area (Å²) < 4.78 is 4.46. The van der Waals surface area contributed by atoms with Crippen LogP contribution in [0.25, 0.3) is 0 Å². The van der Waals surface area contributed by atoms with Gasteiger partial charge in [-0.2, -0.15) is 5.26 Å². The van der Waals surface area contributed by atoms with Gasteiger partial charge in [-0.15, -0.1) is 0 Å². The summed E-state index contributed by atoms with van der Waals surface area (Å²) in [7, 11) is 1.18. The molecule has 7 heteroatoms. The van der Waals surface area contributed by atoms with Gasteiger partial charge in [-0.25, -0.2) is 4.79 Å². The van der Waals surface area contributed by atoms with Crippen LogP contribution in [0.2, 0.25) is 0 Å². The molecule has 108 valence electrons. The average molecular weight is 287 g/mol. The van der Waals surface area contributed by atoms with Crippen molar-refractivity contribution in [3.63, 3.8) is 0 Å². The molecule has 1 fully saturated rings. The van der Waals surface area contributed by atoms with E-state index in [0.717, 1.165) is 4.90 Å². The molecule has 21 heavy (non-hydrogen) atoms. The molecule has 0 aromatic heterocycles. The summed E-state index contributed by atoms with van der Waals surface area (Å²) in [5, 5.41) is 11.3. The molecule has 1 heterocycles. The number of nitriles is 1. The SMILES string of the molecule is COC(=O)CN1C(=O)NC(C)(c2ccc(C#N)cc2)C1=O. The predicted octanol–water partition coefficient (Wildman–Crippen LogP) is 0.498. The van der Waals surface area contributed by atoms with Crippen LogP contribution in [0.1, 0.15) is 18.1 Å². The smallest absolute Gasteiger partial charge is 0.325 e. The fourth-order valence-electron chi connectivity index (χ4n) is 2.11. The van der Waals surface area contributed by atoms with Gasteiger partial charge in [-0.1, -0.05) is 12.1 Å². The lowest BCUT2D eigenvalue weighted by atomic mass is 9.91. The number of ether oxygens (including phenoxy) is 1. The van der Waals surface area contributed by atoms with Crippen molar-refractivity contribution < 1.29 is 19.1 Å². The summed E-state index contributed by atoms with van der Waals surface area (Å²) in [5.41, 5.74) is -0.281. The van der Waals surface area contributed by atoms with Gasteiger partial charge in [0.2, 0.25) is 0 Å². The fraction of sp³-hybridized carbons (Fsp3) is 0.286. The van der Waals surface area contributed by atoms with Crippen molar-refractivity contribution in [2.45, 2.75) is 12.5 Å². The van der Waals surface area contributed by atoms with Gasteiger partial charge in [-0.05, 0) is 24.6 Å². The number of carbonyl (C=O) groups is 3. The maximum atomic E-state index is 12.4. The zero-order valence-electron chi connectivity index (χ0n) is 11.5. The molecule has 1 unspecified atom stereocenters. The molecule has 1 aromatic rings. The summed E-state index contributed by atoms with van der Waals surface area (Å²) in [5.74, 6) is -1.22. The number of rotatable bonds is 3. The molecule has 1 saturated heterocycles. The first-order chi connectivity index (χ1) is 9.92. The number of nitrogens with one attached hydrogen (secondary N) is 1. The lowest BCUT2D eigenvalue weighted by molar-refractivity contribution is -0.145. The zero-order chi connectivity index (χ0) is 15.6. The minimum atomic E-state index is -1.26. The lowest BCUT2D eigenvalue weighted by Crippen LogP contribution is -2.41. The maximum Gasteiger partial charge on any atom is 0.325 e. The first-order valence-electron chi connectivity index (χ1n) is 6.14. The fourth-order valence-corrected chi connectivity index (χ4v) is 2.11. The molecular formula is C14H13N3O4. The Labute approximate surface area is 121 Å². The number of carbonyl (C=O) groups excluding carboxylic acids is 3. The molecule has 1 aliphatic heterocycles. The van der Waals surface area contributed by atoms with E-state index in [1.165, 1.54) is 7.11 Å². The summed E-state index contributed by atoms with van der Waals surface area (Å²) in [6.45, 7) is 1.11. The molecule has 0 saturated carbocycles. The Bertz CT molecular complexity index is 647. The Hall–Kier alpha value is -2.88. The van der Waals surface area contributed by atoms with Gasteiger partial charge < -0.3 is 10.1 Å². The third kappa shape index (κ3) is 2.43.